The summed E-state index contributed by atoms with van der Waals surface area (Å²) in [6.07, 6.45) is -3.08. The lowest BCUT2D eigenvalue weighted by Gasteiger charge is -2.11. The SMILES string of the molecule is CCc1ccc(CCNC(=O)COc2cc(C(F)(F)F)nn2-c2ccccc2Cl)c(C)c1. The zero-order valence-electron chi connectivity index (χ0n) is 17.7. The number of para-hydroxylation sites is 1. The molecule has 0 aliphatic rings. The van der Waals surface area contributed by atoms with Crippen LogP contribution in [0.2, 0.25) is 5.02 Å². The number of halogens is 4. The van der Waals surface area contributed by atoms with Crippen molar-refractivity contribution in [1.29, 1.82) is 0 Å². The molecule has 1 heterocycles. The van der Waals surface area contributed by atoms with Gasteiger partial charge in [-0.25, -0.2) is 0 Å². The molecule has 1 aromatic heterocycles. The van der Waals surface area contributed by atoms with Gasteiger partial charge in [0.05, 0.1) is 10.7 Å². The first-order valence-corrected chi connectivity index (χ1v) is 10.5. The monoisotopic (exact) mass is 465 g/mol. The Bertz CT molecular complexity index is 1100. The van der Waals surface area contributed by atoms with Gasteiger partial charge in [0.25, 0.3) is 5.91 Å². The Morgan fingerprint density at radius 3 is 2.59 bits per heavy atom. The fourth-order valence-corrected chi connectivity index (χ4v) is 3.40. The van der Waals surface area contributed by atoms with Crippen LogP contribution in [0.25, 0.3) is 5.69 Å². The van der Waals surface area contributed by atoms with Gasteiger partial charge in [0.15, 0.2) is 12.3 Å². The van der Waals surface area contributed by atoms with Gasteiger partial charge in [-0.15, -0.1) is 0 Å². The van der Waals surface area contributed by atoms with E-state index in [-0.39, 0.29) is 16.6 Å². The van der Waals surface area contributed by atoms with E-state index in [1.54, 1.807) is 12.1 Å². The average molecular weight is 466 g/mol. The predicted molar refractivity (Wildman–Crippen MR) is 116 cm³/mol. The Morgan fingerprint density at radius 1 is 1.19 bits per heavy atom. The minimum absolute atomic E-state index is 0.197. The van der Waals surface area contributed by atoms with Gasteiger partial charge in [-0.05, 0) is 48.6 Å². The van der Waals surface area contributed by atoms with E-state index >= 15 is 0 Å². The van der Waals surface area contributed by atoms with Crippen molar-refractivity contribution in [1.82, 2.24) is 15.1 Å². The van der Waals surface area contributed by atoms with Crippen molar-refractivity contribution in [2.75, 3.05) is 13.2 Å². The van der Waals surface area contributed by atoms with Crippen LogP contribution in [-0.4, -0.2) is 28.8 Å². The minimum Gasteiger partial charge on any atom is -0.467 e. The van der Waals surface area contributed by atoms with Crippen LogP contribution in [-0.2, 0) is 23.8 Å². The van der Waals surface area contributed by atoms with E-state index in [9.17, 15) is 18.0 Å². The summed E-state index contributed by atoms with van der Waals surface area (Å²) in [5, 5.41) is 6.49. The van der Waals surface area contributed by atoms with Crippen molar-refractivity contribution in [2.45, 2.75) is 32.9 Å². The van der Waals surface area contributed by atoms with Crippen LogP contribution in [0.15, 0.2) is 48.5 Å². The highest BCUT2D eigenvalue weighted by Crippen LogP contribution is 2.33. The van der Waals surface area contributed by atoms with E-state index < -0.39 is 24.4 Å². The number of nitrogens with zero attached hydrogens (tertiary/aromatic N) is 2. The quantitative estimate of drug-likeness (QED) is 0.500. The predicted octanol–water partition coefficient (Wildman–Crippen LogP) is 5.15. The van der Waals surface area contributed by atoms with E-state index in [0.717, 1.165) is 28.3 Å². The molecule has 1 N–H and O–H groups in total. The van der Waals surface area contributed by atoms with E-state index in [4.69, 9.17) is 16.3 Å². The molecule has 2 aromatic carbocycles. The molecule has 0 atom stereocenters. The Morgan fingerprint density at radius 2 is 1.94 bits per heavy atom. The van der Waals surface area contributed by atoms with Crippen LogP contribution < -0.4 is 10.1 Å². The van der Waals surface area contributed by atoms with Gasteiger partial charge in [-0.1, -0.05) is 48.9 Å². The maximum Gasteiger partial charge on any atom is 0.435 e. The van der Waals surface area contributed by atoms with Crippen LogP contribution in [0.4, 0.5) is 13.2 Å². The van der Waals surface area contributed by atoms with Gasteiger partial charge >= 0.3 is 6.18 Å². The van der Waals surface area contributed by atoms with Crippen LogP contribution in [0, 0.1) is 6.92 Å². The second kappa shape index (κ2) is 10.1. The number of aromatic nitrogens is 2. The zero-order valence-corrected chi connectivity index (χ0v) is 18.4. The molecule has 32 heavy (non-hydrogen) atoms. The van der Waals surface area contributed by atoms with Gasteiger partial charge in [-0.2, -0.15) is 23.0 Å². The van der Waals surface area contributed by atoms with Crippen molar-refractivity contribution >= 4 is 17.5 Å². The first kappa shape index (κ1) is 23.7. The lowest BCUT2D eigenvalue weighted by atomic mass is 10.0. The zero-order chi connectivity index (χ0) is 23.3. The second-order valence-corrected chi connectivity index (χ2v) is 7.64. The van der Waals surface area contributed by atoms with Gasteiger partial charge in [0.1, 0.15) is 0 Å². The Hall–Kier alpha value is -3.00. The van der Waals surface area contributed by atoms with E-state index in [1.165, 1.54) is 17.7 Å². The highest BCUT2D eigenvalue weighted by Gasteiger charge is 2.36. The molecule has 3 aromatic rings. The number of carbonyl (C=O) groups excluding carboxylic acids is 1. The van der Waals surface area contributed by atoms with E-state index in [1.807, 2.05) is 13.0 Å². The lowest BCUT2D eigenvalue weighted by Crippen LogP contribution is -2.31. The van der Waals surface area contributed by atoms with E-state index in [2.05, 4.69) is 29.5 Å². The Balaban J connectivity index is 1.64. The Kier molecular flexibility index (Phi) is 7.45. The first-order chi connectivity index (χ1) is 15.2. The summed E-state index contributed by atoms with van der Waals surface area (Å²) < 4.78 is 45.8. The van der Waals surface area contributed by atoms with Crippen LogP contribution >= 0.6 is 11.6 Å². The largest absolute Gasteiger partial charge is 0.467 e. The molecule has 0 aliphatic carbocycles. The summed E-state index contributed by atoms with van der Waals surface area (Å²) in [5.41, 5.74) is 2.59. The van der Waals surface area contributed by atoms with Crippen LogP contribution in [0.3, 0.4) is 0 Å². The molecule has 5 nitrogen and oxygen atoms in total. The molecule has 0 saturated heterocycles. The fraction of sp³-hybridized carbons (Fsp3) is 0.304. The molecule has 0 spiro atoms. The maximum absolute atomic E-state index is 13.2. The number of aryl methyl sites for hydroxylation is 2. The molecular weight excluding hydrogens is 443 g/mol. The van der Waals surface area contributed by atoms with Gasteiger partial charge < -0.3 is 10.1 Å². The number of benzene rings is 2. The van der Waals surface area contributed by atoms with E-state index in [0.29, 0.717) is 13.0 Å². The smallest absolute Gasteiger partial charge is 0.435 e. The second-order valence-electron chi connectivity index (χ2n) is 7.23. The molecule has 0 unspecified atom stereocenters. The highest BCUT2D eigenvalue weighted by molar-refractivity contribution is 6.32. The number of hydrogen-bond donors (Lipinski definition) is 1. The van der Waals surface area contributed by atoms with Gasteiger partial charge in [0, 0.05) is 12.6 Å². The van der Waals surface area contributed by atoms with Gasteiger partial charge in [0.2, 0.25) is 5.88 Å². The van der Waals surface area contributed by atoms with Crippen LogP contribution in [0.1, 0.15) is 29.3 Å². The molecule has 1 amide bonds. The lowest BCUT2D eigenvalue weighted by molar-refractivity contribution is -0.141. The summed E-state index contributed by atoms with van der Waals surface area (Å²) in [5.74, 6) is -0.681. The van der Waals surface area contributed by atoms with Crippen molar-refractivity contribution in [3.05, 3.63) is 75.9 Å². The summed E-state index contributed by atoms with van der Waals surface area (Å²) in [6.45, 7) is 4.03. The molecular formula is C23H23ClF3N3O2. The summed E-state index contributed by atoms with van der Waals surface area (Å²) in [4.78, 5) is 12.2. The number of amides is 1. The molecule has 3 rings (SSSR count). The molecule has 0 aliphatic heterocycles. The molecule has 0 bridgehead atoms. The van der Waals surface area contributed by atoms with Gasteiger partial charge in [-0.3, -0.25) is 4.79 Å². The molecule has 170 valence electrons. The van der Waals surface area contributed by atoms with Crippen LogP contribution in [0.5, 0.6) is 5.88 Å². The van der Waals surface area contributed by atoms with Crippen molar-refractivity contribution < 1.29 is 22.7 Å². The first-order valence-electron chi connectivity index (χ1n) is 10.1. The minimum atomic E-state index is -4.67. The molecule has 0 radical (unpaired) electrons. The number of ether oxygens (including phenoxy) is 1. The van der Waals surface area contributed by atoms with Crippen molar-refractivity contribution in [3.8, 4) is 11.6 Å². The van der Waals surface area contributed by atoms with Crippen molar-refractivity contribution in [2.24, 2.45) is 0 Å². The third kappa shape index (κ3) is 5.82. The molecule has 9 heteroatoms. The number of nitrogens with one attached hydrogen (secondary N) is 1. The third-order valence-electron chi connectivity index (χ3n) is 4.93. The average Bonchev–Trinajstić information content (AvgIpc) is 3.18. The summed E-state index contributed by atoms with van der Waals surface area (Å²) in [7, 11) is 0. The Labute approximate surface area is 189 Å². The third-order valence-corrected chi connectivity index (χ3v) is 5.25. The number of hydrogen-bond acceptors (Lipinski definition) is 3. The van der Waals surface area contributed by atoms with Crippen molar-refractivity contribution in [3.63, 3.8) is 0 Å². The maximum atomic E-state index is 13.2. The standard InChI is InChI=1S/C23H23ClF3N3O2/c1-3-16-8-9-17(15(2)12-16)10-11-28-21(31)14-32-22-13-20(23(25,26)27)29-30(22)19-7-5-4-6-18(19)24/h4-9,12-13H,3,10-11,14H2,1-2H3,(H,28,31). The number of rotatable bonds is 8. The highest BCUT2D eigenvalue weighted by atomic mass is 35.5. The molecule has 0 fully saturated rings. The summed E-state index contributed by atoms with van der Waals surface area (Å²) >= 11 is 6.10. The summed E-state index contributed by atoms with van der Waals surface area (Å²) in [6, 6.07) is 13.3. The number of carbonyl (C=O) groups is 1. The topological polar surface area (TPSA) is 56.1 Å². The fourth-order valence-electron chi connectivity index (χ4n) is 3.19. The normalized spacial score (nSPS) is 11.4. The number of alkyl halides is 3. The molecule has 0 saturated carbocycles.